The van der Waals surface area contributed by atoms with Crippen molar-refractivity contribution in [3.63, 3.8) is 0 Å². The van der Waals surface area contributed by atoms with Crippen LogP contribution in [-0.4, -0.2) is 4.98 Å². The van der Waals surface area contributed by atoms with Gasteiger partial charge >= 0.3 is 0 Å². The van der Waals surface area contributed by atoms with Crippen LogP contribution >= 0.6 is 11.3 Å². The van der Waals surface area contributed by atoms with Crippen LogP contribution in [0.1, 0.15) is 22.3 Å². The van der Waals surface area contributed by atoms with E-state index in [2.05, 4.69) is 199 Å². The minimum absolute atomic E-state index is 0.424. The van der Waals surface area contributed by atoms with Gasteiger partial charge < -0.3 is 4.90 Å². The monoisotopic (exact) mass is 716 g/mol. The van der Waals surface area contributed by atoms with Gasteiger partial charge in [-0.1, -0.05) is 158 Å². The lowest BCUT2D eigenvalue weighted by Gasteiger charge is -2.32. The Morgan fingerprint density at radius 2 is 0.964 bits per heavy atom. The number of anilines is 3. The van der Waals surface area contributed by atoms with Crippen LogP contribution in [0.4, 0.5) is 17.1 Å². The van der Waals surface area contributed by atoms with Crippen molar-refractivity contribution in [2.75, 3.05) is 4.90 Å². The van der Waals surface area contributed by atoms with Crippen LogP contribution in [0, 0.1) is 0 Å². The van der Waals surface area contributed by atoms with Crippen LogP contribution in [0.5, 0.6) is 0 Å². The third kappa shape index (κ3) is 4.16. The summed E-state index contributed by atoms with van der Waals surface area (Å²) in [6, 6.07) is 69.2. The predicted molar refractivity (Wildman–Crippen MR) is 231 cm³/mol. The van der Waals surface area contributed by atoms with E-state index in [0.717, 1.165) is 16.9 Å². The molecule has 2 aliphatic carbocycles. The molecule has 1 spiro atoms. The fourth-order valence-corrected chi connectivity index (χ4v) is 11.0. The maximum Gasteiger partial charge on any atom is 0.0726 e. The molecule has 0 atom stereocenters. The number of para-hydroxylation sites is 1. The lowest BCUT2D eigenvalue weighted by atomic mass is 9.70. The van der Waals surface area contributed by atoms with Gasteiger partial charge in [0.15, 0.2) is 0 Å². The highest BCUT2D eigenvalue weighted by molar-refractivity contribution is 7.27. The fraction of sp³-hybridized carbons (Fsp3) is 0.0192. The van der Waals surface area contributed by atoms with Gasteiger partial charge in [0.1, 0.15) is 0 Å². The average Bonchev–Trinajstić information content (AvgIpc) is 3.90. The van der Waals surface area contributed by atoms with E-state index in [-0.39, 0.29) is 0 Å². The summed E-state index contributed by atoms with van der Waals surface area (Å²) in [5, 5.41) is 3.62. The normalized spacial score (nSPS) is 13.2. The quantitative estimate of drug-likeness (QED) is 0.180. The fourth-order valence-electron chi connectivity index (χ4n) is 9.69. The van der Waals surface area contributed by atoms with Gasteiger partial charge in [-0.2, -0.15) is 0 Å². The molecule has 0 N–H and O–H groups in total. The van der Waals surface area contributed by atoms with Gasteiger partial charge in [0.2, 0.25) is 0 Å². The van der Waals surface area contributed by atoms with Gasteiger partial charge in [0.25, 0.3) is 0 Å². The molecule has 12 rings (SSSR count). The zero-order chi connectivity index (χ0) is 36.1. The molecule has 3 heteroatoms. The standard InChI is InChI=1S/C52H32N2S/c1-2-14-33(15-3-1)34-28-30-35(31-29-34)54(48-27-12-20-38-41-32-53-46-25-11-7-19-40(46)50(41)55-51(38)48)47-26-13-24-45-49(47)39-18-6-10-23-44(39)52(45)42-21-8-4-16-36(42)37-17-5-9-22-43(37)52/h1-32H. The number of pyridine rings is 1. The van der Waals surface area contributed by atoms with E-state index in [0.29, 0.717) is 0 Å². The smallest absolute Gasteiger partial charge is 0.0726 e. The van der Waals surface area contributed by atoms with Crippen molar-refractivity contribution in [3.05, 3.63) is 217 Å². The third-order valence-corrected chi connectivity index (χ3v) is 13.2. The molecule has 0 aliphatic heterocycles. The van der Waals surface area contributed by atoms with Crippen molar-refractivity contribution in [1.82, 2.24) is 4.98 Å². The zero-order valence-electron chi connectivity index (χ0n) is 29.8. The van der Waals surface area contributed by atoms with Crippen LogP contribution in [-0.2, 0) is 5.41 Å². The van der Waals surface area contributed by atoms with Gasteiger partial charge in [-0.05, 0) is 80.4 Å². The summed E-state index contributed by atoms with van der Waals surface area (Å²) in [6.45, 7) is 0. The van der Waals surface area contributed by atoms with Gasteiger partial charge in [-0.25, -0.2) is 0 Å². The number of nitrogens with zero attached hydrogens (tertiary/aromatic N) is 2. The Morgan fingerprint density at radius 3 is 1.73 bits per heavy atom. The van der Waals surface area contributed by atoms with Crippen molar-refractivity contribution in [1.29, 1.82) is 0 Å². The van der Waals surface area contributed by atoms with Gasteiger partial charge in [0.05, 0.1) is 27.0 Å². The molecule has 55 heavy (non-hydrogen) atoms. The topological polar surface area (TPSA) is 16.1 Å². The van der Waals surface area contributed by atoms with E-state index in [9.17, 15) is 0 Å². The van der Waals surface area contributed by atoms with Crippen molar-refractivity contribution in [2.24, 2.45) is 0 Å². The molecule has 10 aromatic rings. The molecule has 0 unspecified atom stereocenters. The molecule has 2 heterocycles. The Hall–Kier alpha value is -6.81. The first-order chi connectivity index (χ1) is 27.3. The second-order valence-corrected chi connectivity index (χ2v) is 15.6. The number of aromatic nitrogens is 1. The first kappa shape index (κ1) is 30.6. The summed E-state index contributed by atoms with van der Waals surface area (Å²) in [4.78, 5) is 7.42. The SMILES string of the molecule is c1ccc(-c2ccc(N(c3cccc4c3-c3ccccc3C43c4ccccc4-c4ccccc43)c3cccc4c3sc3c5ccccc5ncc43)cc2)cc1. The highest BCUT2D eigenvalue weighted by atomic mass is 32.1. The highest BCUT2D eigenvalue weighted by Crippen LogP contribution is 2.65. The maximum absolute atomic E-state index is 4.90. The molecule has 0 fully saturated rings. The number of rotatable bonds is 4. The summed E-state index contributed by atoms with van der Waals surface area (Å²) in [5.41, 5.74) is 17.0. The number of benzene rings is 8. The van der Waals surface area contributed by atoms with E-state index >= 15 is 0 Å². The zero-order valence-corrected chi connectivity index (χ0v) is 30.6. The Morgan fingerprint density at radius 1 is 0.400 bits per heavy atom. The Kier molecular flexibility index (Phi) is 6.46. The Balaban J connectivity index is 1.17. The summed E-state index contributed by atoms with van der Waals surface area (Å²) in [6.07, 6.45) is 2.06. The summed E-state index contributed by atoms with van der Waals surface area (Å²) in [7, 11) is 0. The van der Waals surface area contributed by atoms with Gasteiger partial charge in [0, 0.05) is 38.3 Å². The van der Waals surface area contributed by atoms with Crippen LogP contribution in [0.25, 0.3) is 64.5 Å². The molecule has 256 valence electrons. The second-order valence-electron chi connectivity index (χ2n) is 14.6. The van der Waals surface area contributed by atoms with Crippen LogP contribution in [0.3, 0.4) is 0 Å². The molecule has 0 amide bonds. The highest BCUT2D eigenvalue weighted by Gasteiger charge is 2.52. The van der Waals surface area contributed by atoms with E-state index in [4.69, 9.17) is 4.98 Å². The first-order valence-corrected chi connectivity index (χ1v) is 19.7. The number of thiophene rings is 1. The number of hydrogen-bond acceptors (Lipinski definition) is 3. The molecule has 2 nitrogen and oxygen atoms in total. The molecule has 0 radical (unpaired) electrons. The van der Waals surface area contributed by atoms with Crippen LogP contribution in [0.2, 0.25) is 0 Å². The predicted octanol–water partition coefficient (Wildman–Crippen LogP) is 14.1. The van der Waals surface area contributed by atoms with E-state index < -0.39 is 5.41 Å². The van der Waals surface area contributed by atoms with E-state index in [1.165, 1.54) is 86.9 Å². The third-order valence-electron chi connectivity index (χ3n) is 11.9. The van der Waals surface area contributed by atoms with E-state index in [1.807, 2.05) is 11.3 Å². The van der Waals surface area contributed by atoms with E-state index in [1.54, 1.807) is 0 Å². The summed E-state index contributed by atoms with van der Waals surface area (Å²) >= 11 is 1.87. The molecule has 0 saturated heterocycles. The molecule has 0 saturated carbocycles. The molecule has 8 aromatic carbocycles. The number of fused-ring (bicyclic) bond motifs is 15. The average molecular weight is 717 g/mol. The lowest BCUT2D eigenvalue weighted by molar-refractivity contribution is 0.794. The Labute approximate surface area is 323 Å². The largest absolute Gasteiger partial charge is 0.308 e. The first-order valence-electron chi connectivity index (χ1n) is 18.9. The molecular formula is C52H32N2S. The minimum atomic E-state index is -0.424. The lowest BCUT2D eigenvalue weighted by Crippen LogP contribution is -2.26. The second kappa shape index (κ2) is 11.6. The molecule has 0 bridgehead atoms. The minimum Gasteiger partial charge on any atom is -0.308 e. The maximum atomic E-state index is 4.90. The van der Waals surface area contributed by atoms with Crippen LogP contribution in [0.15, 0.2) is 194 Å². The summed E-state index contributed by atoms with van der Waals surface area (Å²) in [5.74, 6) is 0. The van der Waals surface area contributed by atoms with Crippen molar-refractivity contribution < 1.29 is 0 Å². The molecule has 2 aliphatic rings. The van der Waals surface area contributed by atoms with Crippen molar-refractivity contribution >= 4 is 59.5 Å². The molecule has 2 aromatic heterocycles. The van der Waals surface area contributed by atoms with Crippen molar-refractivity contribution in [3.8, 4) is 33.4 Å². The number of hydrogen-bond donors (Lipinski definition) is 0. The van der Waals surface area contributed by atoms with Crippen molar-refractivity contribution in [2.45, 2.75) is 5.41 Å². The van der Waals surface area contributed by atoms with Gasteiger partial charge in [-0.15, -0.1) is 11.3 Å². The molecular weight excluding hydrogens is 685 g/mol. The van der Waals surface area contributed by atoms with Crippen LogP contribution < -0.4 is 4.90 Å². The Bertz CT molecular complexity index is 3110. The summed E-state index contributed by atoms with van der Waals surface area (Å²) < 4.78 is 2.52. The van der Waals surface area contributed by atoms with Gasteiger partial charge in [-0.3, -0.25) is 4.98 Å².